The molecule has 3 rings (SSSR count). The quantitative estimate of drug-likeness (QED) is 0.948. The molecular weight excluding hydrogens is 280 g/mol. The number of anilines is 1. The van der Waals surface area contributed by atoms with Gasteiger partial charge in [-0.1, -0.05) is 18.2 Å². The maximum Gasteiger partial charge on any atom is 0.323 e. The van der Waals surface area contributed by atoms with Crippen molar-refractivity contribution in [2.45, 2.75) is 18.9 Å². The Balaban J connectivity index is 1.81. The van der Waals surface area contributed by atoms with Crippen LogP contribution in [0.2, 0.25) is 0 Å². The van der Waals surface area contributed by atoms with Crippen molar-refractivity contribution in [1.29, 1.82) is 0 Å². The van der Waals surface area contributed by atoms with Crippen molar-refractivity contribution in [3.05, 3.63) is 42.1 Å². The fraction of sp³-hybridized carbons (Fsp3) is 0.375. The molecule has 0 spiro atoms. The van der Waals surface area contributed by atoms with Gasteiger partial charge >= 0.3 is 6.03 Å². The van der Waals surface area contributed by atoms with Gasteiger partial charge in [0.15, 0.2) is 0 Å². The van der Waals surface area contributed by atoms with E-state index in [-0.39, 0.29) is 12.1 Å². The lowest BCUT2D eigenvalue weighted by atomic mass is 10.0. The number of carbonyl (C=O) groups is 1. The summed E-state index contributed by atoms with van der Waals surface area (Å²) in [5.74, 6) is 1.52. The number of ether oxygens (including phenoxy) is 1. The molecule has 1 aromatic heterocycles. The first-order chi connectivity index (χ1) is 10.7. The summed E-state index contributed by atoms with van der Waals surface area (Å²) in [7, 11) is 3.46. The van der Waals surface area contributed by atoms with Crippen LogP contribution in [0.1, 0.15) is 24.4 Å². The van der Waals surface area contributed by atoms with E-state index in [2.05, 4.69) is 10.4 Å². The van der Waals surface area contributed by atoms with Crippen LogP contribution in [-0.2, 0) is 7.05 Å². The molecule has 1 atom stereocenters. The molecule has 0 aliphatic carbocycles. The number of aryl methyl sites for hydroxylation is 1. The maximum atomic E-state index is 12.6. The van der Waals surface area contributed by atoms with Gasteiger partial charge in [0.05, 0.1) is 19.3 Å². The van der Waals surface area contributed by atoms with Crippen molar-refractivity contribution in [3.63, 3.8) is 0 Å². The fourth-order valence-corrected chi connectivity index (χ4v) is 2.95. The minimum Gasteiger partial charge on any atom is -0.496 e. The lowest BCUT2D eigenvalue weighted by Gasteiger charge is -2.26. The highest BCUT2D eigenvalue weighted by atomic mass is 16.5. The van der Waals surface area contributed by atoms with Gasteiger partial charge in [-0.05, 0) is 18.9 Å². The van der Waals surface area contributed by atoms with E-state index in [0.29, 0.717) is 5.82 Å². The molecule has 1 saturated heterocycles. The van der Waals surface area contributed by atoms with Crippen LogP contribution in [0, 0.1) is 0 Å². The highest BCUT2D eigenvalue weighted by molar-refractivity contribution is 5.89. The number of amides is 2. The molecule has 0 radical (unpaired) electrons. The van der Waals surface area contributed by atoms with Crippen LogP contribution in [0.15, 0.2) is 36.5 Å². The number of hydrogen-bond acceptors (Lipinski definition) is 3. The third-order valence-electron chi connectivity index (χ3n) is 4.07. The van der Waals surface area contributed by atoms with Gasteiger partial charge in [-0.15, -0.1) is 0 Å². The number of nitrogens with zero attached hydrogens (tertiary/aromatic N) is 3. The van der Waals surface area contributed by atoms with E-state index in [4.69, 9.17) is 4.74 Å². The second kappa shape index (κ2) is 6.09. The topological polar surface area (TPSA) is 59.4 Å². The van der Waals surface area contributed by atoms with Crippen LogP contribution >= 0.6 is 0 Å². The monoisotopic (exact) mass is 300 g/mol. The van der Waals surface area contributed by atoms with Crippen molar-refractivity contribution in [2.24, 2.45) is 7.05 Å². The molecule has 6 heteroatoms. The van der Waals surface area contributed by atoms with Crippen LogP contribution in [0.5, 0.6) is 5.75 Å². The van der Waals surface area contributed by atoms with Crippen molar-refractivity contribution >= 4 is 11.8 Å². The zero-order valence-corrected chi connectivity index (χ0v) is 12.8. The number of hydrogen-bond donors (Lipinski definition) is 1. The summed E-state index contributed by atoms with van der Waals surface area (Å²) in [6.07, 6.45) is 3.60. The van der Waals surface area contributed by atoms with Gasteiger partial charge < -0.3 is 9.64 Å². The number of rotatable bonds is 3. The van der Waals surface area contributed by atoms with Crippen LogP contribution in [0.4, 0.5) is 10.6 Å². The van der Waals surface area contributed by atoms with Crippen LogP contribution in [0.3, 0.4) is 0 Å². The molecule has 0 saturated carbocycles. The van der Waals surface area contributed by atoms with E-state index in [1.165, 1.54) is 0 Å². The van der Waals surface area contributed by atoms with Gasteiger partial charge in [0.25, 0.3) is 0 Å². The van der Waals surface area contributed by atoms with Crippen molar-refractivity contribution in [2.75, 3.05) is 19.0 Å². The van der Waals surface area contributed by atoms with Crippen molar-refractivity contribution < 1.29 is 9.53 Å². The molecule has 116 valence electrons. The number of benzene rings is 1. The summed E-state index contributed by atoms with van der Waals surface area (Å²) < 4.78 is 7.08. The third kappa shape index (κ3) is 2.64. The summed E-state index contributed by atoms with van der Waals surface area (Å²) in [6, 6.07) is 9.61. The third-order valence-corrected chi connectivity index (χ3v) is 4.07. The normalized spacial score (nSPS) is 17.5. The molecule has 0 bridgehead atoms. The van der Waals surface area contributed by atoms with E-state index in [0.717, 1.165) is 30.7 Å². The average molecular weight is 300 g/mol. The maximum absolute atomic E-state index is 12.6. The predicted octanol–water partition coefficient (Wildman–Crippen LogP) is 2.80. The van der Waals surface area contributed by atoms with Gasteiger partial charge in [-0.2, -0.15) is 5.10 Å². The average Bonchev–Trinajstić information content (AvgIpc) is 3.17. The molecule has 1 aliphatic heterocycles. The predicted molar refractivity (Wildman–Crippen MR) is 83.9 cm³/mol. The van der Waals surface area contributed by atoms with Gasteiger partial charge in [0.2, 0.25) is 0 Å². The minimum absolute atomic E-state index is 0.0457. The standard InChI is InChI=1S/C16H20N4O2/c1-19-15(9-10-17-19)18-16(21)20-11-5-7-13(20)12-6-3-4-8-14(12)22-2/h3-4,6,8-10,13H,5,7,11H2,1-2H3,(H,18,21)/t13-/m1/s1. The second-order valence-corrected chi connectivity index (χ2v) is 5.36. The fourth-order valence-electron chi connectivity index (χ4n) is 2.95. The zero-order chi connectivity index (χ0) is 15.5. The van der Waals surface area contributed by atoms with Crippen molar-refractivity contribution in [1.82, 2.24) is 14.7 Å². The van der Waals surface area contributed by atoms with E-state index in [1.54, 1.807) is 31.1 Å². The largest absolute Gasteiger partial charge is 0.496 e. The molecule has 1 fully saturated rings. The Morgan fingerprint density at radius 3 is 2.91 bits per heavy atom. The Hall–Kier alpha value is -2.50. The molecule has 2 heterocycles. The molecule has 1 N–H and O–H groups in total. The Labute approximate surface area is 129 Å². The number of carbonyl (C=O) groups excluding carboxylic acids is 1. The first kappa shape index (κ1) is 14.4. The van der Waals surface area contributed by atoms with E-state index < -0.39 is 0 Å². The highest BCUT2D eigenvalue weighted by Gasteiger charge is 2.32. The van der Waals surface area contributed by atoms with E-state index in [1.807, 2.05) is 29.2 Å². The summed E-state index contributed by atoms with van der Waals surface area (Å²) in [6.45, 7) is 0.742. The van der Waals surface area contributed by atoms with Crippen molar-refractivity contribution in [3.8, 4) is 5.75 Å². The molecular formula is C16H20N4O2. The molecule has 22 heavy (non-hydrogen) atoms. The summed E-state index contributed by atoms with van der Waals surface area (Å²) in [5, 5.41) is 6.98. The second-order valence-electron chi connectivity index (χ2n) is 5.36. The summed E-state index contributed by atoms with van der Waals surface area (Å²) in [5.41, 5.74) is 1.06. The molecule has 6 nitrogen and oxygen atoms in total. The minimum atomic E-state index is -0.1000. The molecule has 1 aliphatic rings. The Morgan fingerprint density at radius 2 is 2.18 bits per heavy atom. The SMILES string of the molecule is COc1ccccc1[C@H]1CCCN1C(=O)Nc1ccnn1C. The van der Waals surface area contributed by atoms with E-state index in [9.17, 15) is 4.79 Å². The number of nitrogens with one attached hydrogen (secondary N) is 1. The summed E-state index contributed by atoms with van der Waals surface area (Å²) >= 11 is 0. The molecule has 2 amide bonds. The van der Waals surface area contributed by atoms with E-state index >= 15 is 0 Å². The lowest BCUT2D eigenvalue weighted by Crippen LogP contribution is -2.35. The number of urea groups is 1. The number of para-hydroxylation sites is 1. The zero-order valence-electron chi connectivity index (χ0n) is 12.8. The first-order valence-corrected chi connectivity index (χ1v) is 7.39. The van der Waals surface area contributed by atoms with Gasteiger partial charge in [0, 0.05) is 25.2 Å². The molecule has 2 aromatic rings. The van der Waals surface area contributed by atoms with Gasteiger partial charge in [-0.25, -0.2) is 4.79 Å². The smallest absolute Gasteiger partial charge is 0.323 e. The number of aromatic nitrogens is 2. The highest BCUT2D eigenvalue weighted by Crippen LogP contribution is 2.37. The Kier molecular flexibility index (Phi) is 4.00. The first-order valence-electron chi connectivity index (χ1n) is 7.39. The lowest BCUT2D eigenvalue weighted by molar-refractivity contribution is 0.206. The summed E-state index contributed by atoms with van der Waals surface area (Å²) in [4.78, 5) is 14.4. The number of likely N-dealkylation sites (tertiary alicyclic amines) is 1. The Morgan fingerprint density at radius 1 is 1.36 bits per heavy atom. The van der Waals surface area contributed by atoms with Crippen LogP contribution in [0.25, 0.3) is 0 Å². The molecule has 0 unspecified atom stereocenters. The van der Waals surface area contributed by atoms with Crippen LogP contribution in [-0.4, -0.2) is 34.4 Å². The van der Waals surface area contributed by atoms with Crippen LogP contribution < -0.4 is 10.1 Å². The Bertz CT molecular complexity index is 668. The van der Waals surface area contributed by atoms with Gasteiger partial charge in [-0.3, -0.25) is 10.00 Å². The number of methoxy groups -OCH3 is 1. The van der Waals surface area contributed by atoms with Gasteiger partial charge in [0.1, 0.15) is 11.6 Å². The molecule has 1 aromatic carbocycles.